The summed E-state index contributed by atoms with van der Waals surface area (Å²) in [6, 6.07) is 21.6. The first-order valence-electron chi connectivity index (χ1n) is 9.31. The Hall–Kier alpha value is -3.45. The van der Waals surface area contributed by atoms with E-state index < -0.39 is 5.97 Å². The van der Waals surface area contributed by atoms with Crippen LogP contribution in [-0.2, 0) is 10.5 Å². The molecule has 0 bridgehead atoms. The van der Waals surface area contributed by atoms with Gasteiger partial charge in [0.05, 0.1) is 12.9 Å². The Morgan fingerprint density at radius 3 is 2.23 bits per heavy atom. The Kier molecular flexibility index (Phi) is 5.90. The Balaban J connectivity index is 1.63. The van der Waals surface area contributed by atoms with Crippen LogP contribution in [-0.4, -0.2) is 28.3 Å². The molecule has 2 aromatic carbocycles. The minimum absolute atomic E-state index is 0.219. The molecule has 0 amide bonds. The summed E-state index contributed by atoms with van der Waals surface area (Å²) in [5, 5.41) is 9.30. The van der Waals surface area contributed by atoms with E-state index in [1.807, 2.05) is 73.7 Å². The Bertz CT molecular complexity index is 1160. The average Bonchev–Trinajstić information content (AvgIpc) is 3.18. The van der Waals surface area contributed by atoms with Gasteiger partial charge in [-0.3, -0.25) is 0 Å². The number of methoxy groups -OCH3 is 1. The predicted molar refractivity (Wildman–Crippen MR) is 115 cm³/mol. The van der Waals surface area contributed by atoms with Crippen LogP contribution >= 0.6 is 11.8 Å². The second-order valence-corrected chi connectivity index (χ2v) is 7.47. The third kappa shape index (κ3) is 4.26. The van der Waals surface area contributed by atoms with Gasteiger partial charge in [0.1, 0.15) is 17.1 Å². The number of nitrogens with zero attached hydrogens (tertiary/aromatic N) is 3. The number of carbonyl (C=O) groups excluding carboxylic acids is 1. The molecule has 0 aliphatic heterocycles. The molecule has 4 aromatic rings. The van der Waals surface area contributed by atoms with Crippen LogP contribution in [0.5, 0.6) is 0 Å². The van der Waals surface area contributed by atoms with E-state index in [1.54, 1.807) is 0 Å². The molecule has 0 atom stereocenters. The van der Waals surface area contributed by atoms with Crippen molar-refractivity contribution in [3.63, 3.8) is 0 Å². The van der Waals surface area contributed by atoms with Crippen LogP contribution in [0.1, 0.15) is 21.9 Å². The van der Waals surface area contributed by atoms with Gasteiger partial charge >= 0.3 is 5.97 Å². The van der Waals surface area contributed by atoms with Crippen molar-refractivity contribution in [2.45, 2.75) is 17.8 Å². The third-order valence-corrected chi connectivity index (χ3v) is 5.30. The van der Waals surface area contributed by atoms with Crippen LogP contribution < -0.4 is 0 Å². The number of thioether (sulfide) groups is 1. The van der Waals surface area contributed by atoms with Gasteiger partial charge < -0.3 is 9.15 Å². The number of aryl methyl sites for hydroxylation is 1. The molecule has 0 saturated carbocycles. The Morgan fingerprint density at radius 1 is 0.967 bits per heavy atom. The zero-order chi connectivity index (χ0) is 20.9. The molecule has 150 valence electrons. The lowest BCUT2D eigenvalue weighted by molar-refractivity contribution is 0.0562. The van der Waals surface area contributed by atoms with Crippen LogP contribution in [0.2, 0.25) is 0 Å². The summed E-state index contributed by atoms with van der Waals surface area (Å²) in [5.41, 5.74) is 4.16. The summed E-state index contributed by atoms with van der Waals surface area (Å²) in [5.74, 6) is 0.852. The van der Waals surface area contributed by atoms with Crippen LogP contribution in [0.15, 0.2) is 76.3 Å². The molecular weight excluding hydrogens is 398 g/mol. The zero-order valence-corrected chi connectivity index (χ0v) is 17.3. The van der Waals surface area contributed by atoms with Gasteiger partial charge in [-0.15, -0.1) is 10.2 Å². The SMILES string of the molecule is COC(=O)c1oc(CSc2nnc(-c3ccccc3)c(-c3ccccc3)n2)cc1C. The van der Waals surface area contributed by atoms with E-state index in [4.69, 9.17) is 14.1 Å². The normalized spacial score (nSPS) is 10.7. The maximum atomic E-state index is 11.7. The molecule has 0 saturated heterocycles. The number of carbonyl (C=O) groups is 1. The van der Waals surface area contributed by atoms with E-state index in [-0.39, 0.29) is 5.76 Å². The fourth-order valence-electron chi connectivity index (χ4n) is 3.01. The first kappa shape index (κ1) is 19.8. The van der Waals surface area contributed by atoms with Crippen molar-refractivity contribution in [3.8, 4) is 22.5 Å². The molecular formula is C23H19N3O3S. The summed E-state index contributed by atoms with van der Waals surface area (Å²) in [6.07, 6.45) is 0. The van der Waals surface area contributed by atoms with Gasteiger partial charge in [-0.2, -0.15) is 0 Å². The second kappa shape index (κ2) is 8.92. The Labute approximate surface area is 178 Å². The molecule has 4 rings (SSSR count). The van der Waals surface area contributed by atoms with Crippen LogP contribution in [0.3, 0.4) is 0 Å². The van der Waals surface area contributed by atoms with Gasteiger partial charge in [-0.05, 0) is 13.0 Å². The summed E-state index contributed by atoms with van der Waals surface area (Å²) in [4.78, 5) is 16.5. The van der Waals surface area contributed by atoms with E-state index in [1.165, 1.54) is 18.9 Å². The first-order chi connectivity index (χ1) is 14.7. The number of benzene rings is 2. The standard InChI is InChI=1S/C23H19N3O3S/c1-15-13-18(29-21(15)22(27)28-2)14-30-23-24-19(16-9-5-3-6-10-16)20(25-26-23)17-11-7-4-8-12-17/h3-13H,14H2,1-2H3. The maximum absolute atomic E-state index is 11.7. The van der Waals surface area contributed by atoms with Crippen LogP contribution in [0, 0.1) is 6.92 Å². The maximum Gasteiger partial charge on any atom is 0.374 e. The molecule has 2 heterocycles. The molecule has 0 radical (unpaired) electrons. The number of hydrogen-bond donors (Lipinski definition) is 0. The van der Waals surface area contributed by atoms with Gasteiger partial charge in [-0.1, -0.05) is 72.4 Å². The molecule has 0 N–H and O–H groups in total. The highest BCUT2D eigenvalue weighted by Gasteiger charge is 2.17. The fraction of sp³-hybridized carbons (Fsp3) is 0.130. The van der Waals surface area contributed by atoms with Gasteiger partial charge in [0.25, 0.3) is 0 Å². The van der Waals surface area contributed by atoms with Crippen molar-refractivity contribution in [2.75, 3.05) is 7.11 Å². The van der Waals surface area contributed by atoms with Gasteiger partial charge in [-0.25, -0.2) is 9.78 Å². The third-order valence-electron chi connectivity index (χ3n) is 4.44. The van der Waals surface area contributed by atoms with Crippen LogP contribution in [0.4, 0.5) is 0 Å². The minimum Gasteiger partial charge on any atom is -0.463 e. The highest BCUT2D eigenvalue weighted by molar-refractivity contribution is 7.98. The van der Waals surface area contributed by atoms with Crippen molar-refractivity contribution in [1.29, 1.82) is 0 Å². The summed E-state index contributed by atoms with van der Waals surface area (Å²) >= 11 is 1.40. The number of hydrogen-bond acceptors (Lipinski definition) is 7. The molecule has 7 heteroatoms. The van der Waals surface area contributed by atoms with E-state index in [0.29, 0.717) is 16.7 Å². The minimum atomic E-state index is -0.486. The van der Waals surface area contributed by atoms with Crippen molar-refractivity contribution in [2.24, 2.45) is 0 Å². The smallest absolute Gasteiger partial charge is 0.374 e. The molecule has 0 spiro atoms. The monoisotopic (exact) mass is 417 g/mol. The molecule has 30 heavy (non-hydrogen) atoms. The molecule has 0 unspecified atom stereocenters. The van der Waals surface area contributed by atoms with Gasteiger partial charge in [0, 0.05) is 16.7 Å². The van der Waals surface area contributed by atoms with Crippen molar-refractivity contribution >= 4 is 17.7 Å². The van der Waals surface area contributed by atoms with Crippen molar-refractivity contribution < 1.29 is 13.9 Å². The number of ether oxygens (including phenoxy) is 1. The zero-order valence-electron chi connectivity index (χ0n) is 16.5. The summed E-state index contributed by atoms with van der Waals surface area (Å²) in [6.45, 7) is 1.81. The largest absolute Gasteiger partial charge is 0.463 e. The Morgan fingerprint density at radius 2 is 1.60 bits per heavy atom. The molecule has 0 aliphatic rings. The van der Waals surface area contributed by atoms with Crippen molar-refractivity contribution in [3.05, 3.63) is 83.8 Å². The topological polar surface area (TPSA) is 78.1 Å². The van der Waals surface area contributed by atoms with Gasteiger partial charge in [0.2, 0.25) is 10.9 Å². The quantitative estimate of drug-likeness (QED) is 0.316. The fourth-order valence-corrected chi connectivity index (χ4v) is 3.68. The van der Waals surface area contributed by atoms with Crippen LogP contribution in [0.25, 0.3) is 22.5 Å². The molecule has 0 fully saturated rings. The first-order valence-corrected chi connectivity index (χ1v) is 10.3. The van der Waals surface area contributed by atoms with E-state index in [0.717, 1.165) is 28.1 Å². The number of aromatic nitrogens is 3. The van der Waals surface area contributed by atoms with E-state index in [2.05, 4.69) is 10.2 Å². The highest BCUT2D eigenvalue weighted by atomic mass is 32.2. The molecule has 2 aromatic heterocycles. The lowest BCUT2D eigenvalue weighted by Crippen LogP contribution is -2.00. The second-order valence-electron chi connectivity index (χ2n) is 6.53. The lowest BCUT2D eigenvalue weighted by Gasteiger charge is -2.09. The molecule has 6 nitrogen and oxygen atoms in total. The highest BCUT2D eigenvalue weighted by Crippen LogP contribution is 2.31. The lowest BCUT2D eigenvalue weighted by atomic mass is 10.0. The average molecular weight is 417 g/mol. The summed E-state index contributed by atoms with van der Waals surface area (Å²) < 4.78 is 10.4. The number of rotatable bonds is 6. The predicted octanol–water partition coefficient (Wildman–Crippen LogP) is 5.19. The van der Waals surface area contributed by atoms with Crippen molar-refractivity contribution in [1.82, 2.24) is 15.2 Å². The van der Waals surface area contributed by atoms with Gasteiger partial charge in [0.15, 0.2) is 0 Å². The molecule has 0 aliphatic carbocycles. The number of esters is 1. The number of furan rings is 1. The van der Waals surface area contributed by atoms with E-state index in [9.17, 15) is 4.79 Å². The van der Waals surface area contributed by atoms with E-state index >= 15 is 0 Å². The summed E-state index contributed by atoms with van der Waals surface area (Å²) in [7, 11) is 1.33.